The van der Waals surface area contributed by atoms with Gasteiger partial charge in [0, 0.05) is 10.4 Å². The molecule has 2 aromatic rings. The van der Waals surface area contributed by atoms with Crippen LogP contribution in [0.3, 0.4) is 0 Å². The van der Waals surface area contributed by atoms with Crippen LogP contribution in [-0.2, 0) is 0 Å². The summed E-state index contributed by atoms with van der Waals surface area (Å²) in [6, 6.07) is 6.22. The van der Waals surface area contributed by atoms with Crippen LogP contribution in [0.15, 0.2) is 24.3 Å². The number of nitrogens with one attached hydrogen (secondary N) is 1. The second kappa shape index (κ2) is 4.81. The molecule has 17 heavy (non-hydrogen) atoms. The van der Waals surface area contributed by atoms with Crippen LogP contribution in [0.4, 0.5) is 9.52 Å². The molecule has 0 bridgehead atoms. The number of rotatable bonds is 3. The zero-order valence-corrected chi connectivity index (χ0v) is 10.4. The number of aliphatic hydroxyl groups is 1. The molecular formula is C12H13FN2OS. The normalized spacial score (nSPS) is 12.5. The van der Waals surface area contributed by atoms with Gasteiger partial charge in [0.25, 0.3) is 0 Å². The zero-order valence-electron chi connectivity index (χ0n) is 9.57. The van der Waals surface area contributed by atoms with E-state index in [4.69, 9.17) is 0 Å². The van der Waals surface area contributed by atoms with E-state index in [9.17, 15) is 9.50 Å². The van der Waals surface area contributed by atoms with Gasteiger partial charge in [-0.05, 0) is 38.1 Å². The molecular weight excluding hydrogens is 239 g/mol. The fourth-order valence-corrected chi connectivity index (χ4v) is 2.43. The summed E-state index contributed by atoms with van der Waals surface area (Å²) in [6.45, 7) is 3.58. The molecule has 0 fully saturated rings. The van der Waals surface area contributed by atoms with Crippen molar-refractivity contribution in [3.05, 3.63) is 35.0 Å². The van der Waals surface area contributed by atoms with Crippen LogP contribution >= 0.6 is 11.3 Å². The Labute approximate surface area is 103 Å². The average molecular weight is 252 g/mol. The van der Waals surface area contributed by atoms with E-state index < -0.39 is 6.23 Å². The molecule has 0 aliphatic rings. The minimum absolute atomic E-state index is 0.260. The fourth-order valence-electron chi connectivity index (χ4n) is 1.51. The number of halogens is 1. The summed E-state index contributed by atoms with van der Waals surface area (Å²) in [5, 5.41) is 12.7. The van der Waals surface area contributed by atoms with Gasteiger partial charge in [0.1, 0.15) is 12.0 Å². The highest BCUT2D eigenvalue weighted by Gasteiger charge is 2.10. The van der Waals surface area contributed by atoms with Crippen molar-refractivity contribution in [2.24, 2.45) is 0 Å². The maximum Gasteiger partial charge on any atom is 0.185 e. The molecule has 1 aromatic carbocycles. The monoisotopic (exact) mass is 252 g/mol. The largest absolute Gasteiger partial charge is 0.374 e. The van der Waals surface area contributed by atoms with E-state index in [0.29, 0.717) is 5.13 Å². The first-order valence-electron chi connectivity index (χ1n) is 5.24. The molecule has 0 amide bonds. The van der Waals surface area contributed by atoms with Gasteiger partial charge < -0.3 is 10.4 Å². The Hall–Kier alpha value is -1.46. The van der Waals surface area contributed by atoms with Gasteiger partial charge >= 0.3 is 0 Å². The highest BCUT2D eigenvalue weighted by molar-refractivity contribution is 7.16. The van der Waals surface area contributed by atoms with Crippen LogP contribution in [0, 0.1) is 12.7 Å². The van der Waals surface area contributed by atoms with Gasteiger partial charge in [0.05, 0.1) is 5.69 Å². The number of benzene rings is 1. The number of aliphatic hydroxyl groups excluding tert-OH is 1. The maximum atomic E-state index is 12.8. The van der Waals surface area contributed by atoms with E-state index >= 15 is 0 Å². The van der Waals surface area contributed by atoms with Crippen molar-refractivity contribution in [2.75, 3.05) is 5.32 Å². The van der Waals surface area contributed by atoms with E-state index in [1.54, 1.807) is 19.1 Å². The van der Waals surface area contributed by atoms with Crippen molar-refractivity contribution in [3.63, 3.8) is 0 Å². The van der Waals surface area contributed by atoms with Crippen LogP contribution in [-0.4, -0.2) is 16.3 Å². The third-order valence-electron chi connectivity index (χ3n) is 2.25. The maximum absolute atomic E-state index is 12.8. The Kier molecular flexibility index (Phi) is 3.40. The highest BCUT2D eigenvalue weighted by atomic mass is 32.1. The van der Waals surface area contributed by atoms with Gasteiger partial charge in [-0.3, -0.25) is 0 Å². The second-order valence-electron chi connectivity index (χ2n) is 3.75. The van der Waals surface area contributed by atoms with Crippen LogP contribution < -0.4 is 5.32 Å². The van der Waals surface area contributed by atoms with Gasteiger partial charge in [0.15, 0.2) is 5.13 Å². The molecule has 3 nitrogen and oxygen atoms in total. The number of aromatic nitrogens is 1. The van der Waals surface area contributed by atoms with Crippen LogP contribution in [0.5, 0.6) is 0 Å². The quantitative estimate of drug-likeness (QED) is 0.825. The number of nitrogens with zero attached hydrogens (tertiary/aromatic N) is 1. The lowest BCUT2D eigenvalue weighted by molar-refractivity contribution is 0.224. The summed E-state index contributed by atoms with van der Waals surface area (Å²) in [6.07, 6.45) is -0.637. The summed E-state index contributed by atoms with van der Waals surface area (Å²) < 4.78 is 12.8. The van der Waals surface area contributed by atoms with Crippen molar-refractivity contribution in [3.8, 4) is 11.3 Å². The van der Waals surface area contributed by atoms with Crippen LogP contribution in [0.1, 0.15) is 11.8 Å². The minimum Gasteiger partial charge on any atom is -0.374 e. The standard InChI is InChI=1S/C12H13FN2OS/c1-7-11(9-3-5-10(13)6-4-9)15-12(17-7)14-8(2)16/h3-6,8,16H,1-2H3,(H,14,15). The lowest BCUT2D eigenvalue weighted by Gasteiger charge is -2.03. The molecule has 0 aliphatic carbocycles. The molecule has 0 saturated carbocycles. The van der Waals surface area contributed by atoms with Crippen molar-refractivity contribution < 1.29 is 9.50 Å². The lowest BCUT2D eigenvalue weighted by atomic mass is 10.1. The molecule has 1 atom stereocenters. The number of hydrogen-bond acceptors (Lipinski definition) is 4. The Morgan fingerprint density at radius 3 is 2.59 bits per heavy atom. The molecule has 0 aliphatic heterocycles. The topological polar surface area (TPSA) is 45.1 Å². The van der Waals surface area contributed by atoms with E-state index in [0.717, 1.165) is 16.1 Å². The van der Waals surface area contributed by atoms with Gasteiger partial charge in [-0.2, -0.15) is 0 Å². The minimum atomic E-state index is -0.637. The van der Waals surface area contributed by atoms with Gasteiger partial charge in [-0.1, -0.05) is 0 Å². The molecule has 5 heteroatoms. The molecule has 0 spiro atoms. The van der Waals surface area contributed by atoms with Crippen LogP contribution in [0.25, 0.3) is 11.3 Å². The van der Waals surface area contributed by atoms with E-state index in [2.05, 4.69) is 10.3 Å². The SMILES string of the molecule is Cc1sc(NC(C)O)nc1-c1ccc(F)cc1. The highest BCUT2D eigenvalue weighted by Crippen LogP contribution is 2.30. The Morgan fingerprint density at radius 2 is 2.00 bits per heavy atom. The summed E-state index contributed by atoms with van der Waals surface area (Å²) in [7, 11) is 0. The van der Waals surface area contributed by atoms with Gasteiger partial charge in [-0.15, -0.1) is 11.3 Å². The smallest absolute Gasteiger partial charge is 0.185 e. The van der Waals surface area contributed by atoms with Crippen LogP contribution in [0.2, 0.25) is 0 Å². The number of hydrogen-bond donors (Lipinski definition) is 2. The second-order valence-corrected chi connectivity index (χ2v) is 4.95. The third kappa shape index (κ3) is 2.81. The van der Waals surface area contributed by atoms with Crippen molar-refractivity contribution in [1.82, 2.24) is 4.98 Å². The first kappa shape index (κ1) is 12.0. The summed E-state index contributed by atoms with van der Waals surface area (Å²) in [5.74, 6) is -0.260. The van der Waals surface area contributed by atoms with E-state index in [-0.39, 0.29) is 5.82 Å². The zero-order chi connectivity index (χ0) is 12.4. The Bertz CT molecular complexity index is 508. The molecule has 1 heterocycles. The van der Waals surface area contributed by atoms with Crippen molar-refractivity contribution in [2.45, 2.75) is 20.1 Å². The van der Waals surface area contributed by atoms with Gasteiger partial charge in [0.2, 0.25) is 0 Å². The van der Waals surface area contributed by atoms with Crippen molar-refractivity contribution in [1.29, 1.82) is 0 Å². The fraction of sp³-hybridized carbons (Fsp3) is 0.250. The molecule has 0 saturated heterocycles. The third-order valence-corrected chi connectivity index (χ3v) is 3.15. The van der Waals surface area contributed by atoms with Crippen molar-refractivity contribution >= 4 is 16.5 Å². The molecule has 90 valence electrons. The summed E-state index contributed by atoms with van der Waals surface area (Å²) in [5.41, 5.74) is 1.69. The number of thiazole rings is 1. The summed E-state index contributed by atoms with van der Waals surface area (Å²) >= 11 is 1.47. The lowest BCUT2D eigenvalue weighted by Crippen LogP contribution is -2.12. The average Bonchev–Trinajstić information content (AvgIpc) is 2.59. The predicted octanol–water partition coefficient (Wildman–Crippen LogP) is 3.01. The number of anilines is 1. The predicted molar refractivity (Wildman–Crippen MR) is 67.5 cm³/mol. The molecule has 1 aromatic heterocycles. The Morgan fingerprint density at radius 1 is 1.35 bits per heavy atom. The first-order chi connectivity index (χ1) is 8.06. The molecule has 0 radical (unpaired) electrons. The van der Waals surface area contributed by atoms with Gasteiger partial charge in [-0.25, -0.2) is 9.37 Å². The number of aryl methyl sites for hydroxylation is 1. The molecule has 1 unspecified atom stereocenters. The Balaban J connectivity index is 2.32. The van der Waals surface area contributed by atoms with E-state index in [1.807, 2.05) is 6.92 Å². The van der Waals surface area contributed by atoms with E-state index in [1.165, 1.54) is 23.5 Å². The molecule has 2 N–H and O–H groups in total. The molecule has 2 rings (SSSR count). The first-order valence-corrected chi connectivity index (χ1v) is 6.06. The summed E-state index contributed by atoms with van der Waals surface area (Å²) in [4.78, 5) is 5.40.